The number of hydrogen-bond donors (Lipinski definition) is 1. The second-order valence-corrected chi connectivity index (χ2v) is 4.59. The highest BCUT2D eigenvalue weighted by Gasteiger charge is 2.52. The molecule has 11 heavy (non-hydrogen) atoms. The summed E-state index contributed by atoms with van der Waals surface area (Å²) in [4.78, 5) is 0. The van der Waals surface area contributed by atoms with Gasteiger partial charge in [-0.1, -0.05) is 26.0 Å². The minimum absolute atomic E-state index is 0.0828. The zero-order valence-corrected chi connectivity index (χ0v) is 7.30. The Bertz CT molecular complexity index is 205. The lowest BCUT2D eigenvalue weighted by molar-refractivity contribution is 0.108. The van der Waals surface area contributed by atoms with Gasteiger partial charge in [0.2, 0.25) is 0 Å². The van der Waals surface area contributed by atoms with Crippen LogP contribution in [0.3, 0.4) is 0 Å². The van der Waals surface area contributed by atoms with E-state index in [1.165, 1.54) is 12.0 Å². The van der Waals surface area contributed by atoms with Crippen molar-refractivity contribution in [3.8, 4) is 0 Å². The van der Waals surface area contributed by atoms with Crippen LogP contribution < -0.4 is 0 Å². The number of hydrogen-bond acceptors (Lipinski definition) is 1. The molecule has 1 nitrogen and oxygen atoms in total. The van der Waals surface area contributed by atoms with Crippen LogP contribution in [0.15, 0.2) is 12.2 Å². The van der Waals surface area contributed by atoms with E-state index in [2.05, 4.69) is 20.4 Å². The molecule has 0 heterocycles. The summed E-state index contributed by atoms with van der Waals surface area (Å²) in [5, 5.41) is 9.56. The van der Waals surface area contributed by atoms with Gasteiger partial charge in [-0.15, -0.1) is 0 Å². The van der Waals surface area contributed by atoms with Crippen LogP contribution in [0.4, 0.5) is 0 Å². The van der Waals surface area contributed by atoms with Crippen molar-refractivity contribution in [1.82, 2.24) is 0 Å². The van der Waals surface area contributed by atoms with E-state index in [0.29, 0.717) is 17.3 Å². The molecule has 0 amide bonds. The normalized spacial score (nSPS) is 46.8. The Morgan fingerprint density at radius 2 is 2.09 bits per heavy atom. The summed E-state index contributed by atoms with van der Waals surface area (Å²) < 4.78 is 0. The first kappa shape index (κ1) is 7.35. The molecule has 2 saturated carbocycles. The molecule has 2 aliphatic rings. The minimum Gasteiger partial charge on any atom is -0.392 e. The SMILES string of the molecule is C=C1[C@H]2C[C@H](C[C@H]2O)C1(C)C. The van der Waals surface area contributed by atoms with Crippen molar-refractivity contribution in [3.05, 3.63) is 12.2 Å². The number of fused-ring (bicyclic) bond motifs is 2. The van der Waals surface area contributed by atoms with Crippen LogP contribution in [0.1, 0.15) is 26.7 Å². The maximum atomic E-state index is 9.56. The molecule has 0 aliphatic heterocycles. The molecule has 0 aromatic rings. The standard InChI is InChI=1S/C10H16O/c1-6-8-4-7(5-9(8)11)10(6,2)3/h7-9,11H,1,4-5H2,2-3H3/t7-,8-,9-/m1/s1. The molecule has 0 unspecified atom stereocenters. The molecule has 2 rings (SSSR count). The van der Waals surface area contributed by atoms with Crippen LogP contribution in [0.25, 0.3) is 0 Å². The van der Waals surface area contributed by atoms with E-state index in [4.69, 9.17) is 0 Å². The average molecular weight is 152 g/mol. The predicted octanol–water partition coefficient (Wildman–Crippen LogP) is 1.97. The molecule has 3 atom stereocenters. The Hall–Kier alpha value is -0.300. The van der Waals surface area contributed by atoms with Crippen molar-refractivity contribution < 1.29 is 5.11 Å². The lowest BCUT2D eigenvalue weighted by Crippen LogP contribution is -2.29. The van der Waals surface area contributed by atoms with Crippen molar-refractivity contribution in [2.24, 2.45) is 17.3 Å². The molecule has 0 aromatic heterocycles. The van der Waals surface area contributed by atoms with Crippen LogP contribution in [-0.2, 0) is 0 Å². The van der Waals surface area contributed by atoms with Crippen LogP contribution in [0.2, 0.25) is 0 Å². The van der Waals surface area contributed by atoms with E-state index >= 15 is 0 Å². The Morgan fingerprint density at radius 3 is 2.45 bits per heavy atom. The largest absolute Gasteiger partial charge is 0.392 e. The van der Waals surface area contributed by atoms with Crippen LogP contribution >= 0.6 is 0 Å². The van der Waals surface area contributed by atoms with Gasteiger partial charge in [0.05, 0.1) is 6.10 Å². The Labute approximate surface area is 68.1 Å². The van der Waals surface area contributed by atoms with Gasteiger partial charge in [-0.3, -0.25) is 0 Å². The fourth-order valence-electron chi connectivity index (χ4n) is 2.72. The van der Waals surface area contributed by atoms with Gasteiger partial charge in [-0.2, -0.15) is 0 Å². The van der Waals surface area contributed by atoms with Gasteiger partial charge < -0.3 is 5.11 Å². The molecule has 2 fully saturated rings. The molecule has 1 heteroatoms. The molecule has 0 saturated heterocycles. The zero-order chi connectivity index (χ0) is 8.22. The summed E-state index contributed by atoms with van der Waals surface area (Å²) in [5.41, 5.74) is 1.57. The van der Waals surface area contributed by atoms with Crippen LogP contribution in [-0.4, -0.2) is 11.2 Å². The summed E-state index contributed by atoms with van der Waals surface area (Å²) in [6.45, 7) is 8.59. The Morgan fingerprint density at radius 1 is 1.45 bits per heavy atom. The quantitative estimate of drug-likeness (QED) is 0.526. The molecule has 0 aromatic carbocycles. The monoisotopic (exact) mass is 152 g/mol. The van der Waals surface area contributed by atoms with Gasteiger partial charge in [-0.25, -0.2) is 0 Å². The van der Waals surface area contributed by atoms with Gasteiger partial charge in [0, 0.05) is 5.92 Å². The fourth-order valence-corrected chi connectivity index (χ4v) is 2.72. The first-order chi connectivity index (χ1) is 5.03. The van der Waals surface area contributed by atoms with E-state index in [-0.39, 0.29) is 6.10 Å². The van der Waals surface area contributed by atoms with E-state index in [1.807, 2.05) is 0 Å². The summed E-state index contributed by atoms with van der Waals surface area (Å²) >= 11 is 0. The van der Waals surface area contributed by atoms with Gasteiger partial charge in [0.1, 0.15) is 0 Å². The molecule has 0 radical (unpaired) electrons. The third-order valence-corrected chi connectivity index (χ3v) is 3.82. The highest BCUT2D eigenvalue weighted by atomic mass is 16.3. The maximum absolute atomic E-state index is 9.56. The minimum atomic E-state index is -0.0828. The number of rotatable bonds is 0. The van der Waals surface area contributed by atoms with Crippen molar-refractivity contribution >= 4 is 0 Å². The van der Waals surface area contributed by atoms with E-state index in [0.717, 1.165) is 6.42 Å². The predicted molar refractivity (Wildman–Crippen MR) is 45.1 cm³/mol. The number of aliphatic hydroxyl groups is 1. The topological polar surface area (TPSA) is 20.2 Å². The highest BCUT2D eigenvalue weighted by Crippen LogP contribution is 2.58. The lowest BCUT2D eigenvalue weighted by atomic mass is 9.73. The zero-order valence-electron chi connectivity index (χ0n) is 7.30. The summed E-state index contributed by atoms with van der Waals surface area (Å²) in [6.07, 6.45) is 2.09. The molecular formula is C10H16O. The smallest absolute Gasteiger partial charge is 0.0608 e. The Balaban J connectivity index is 2.32. The van der Waals surface area contributed by atoms with Crippen LogP contribution in [0.5, 0.6) is 0 Å². The first-order valence-corrected chi connectivity index (χ1v) is 4.41. The van der Waals surface area contributed by atoms with Crippen molar-refractivity contribution in [1.29, 1.82) is 0 Å². The molecule has 2 aliphatic carbocycles. The molecule has 0 spiro atoms. The fraction of sp³-hybridized carbons (Fsp3) is 0.800. The van der Waals surface area contributed by atoms with E-state index in [1.54, 1.807) is 0 Å². The third kappa shape index (κ3) is 0.750. The molecular weight excluding hydrogens is 136 g/mol. The second kappa shape index (κ2) is 1.89. The van der Waals surface area contributed by atoms with Gasteiger partial charge in [-0.05, 0) is 24.2 Å². The molecule has 1 N–H and O–H groups in total. The van der Waals surface area contributed by atoms with Crippen molar-refractivity contribution in [3.63, 3.8) is 0 Å². The van der Waals surface area contributed by atoms with Gasteiger partial charge >= 0.3 is 0 Å². The van der Waals surface area contributed by atoms with Crippen molar-refractivity contribution in [2.75, 3.05) is 0 Å². The van der Waals surface area contributed by atoms with E-state index in [9.17, 15) is 5.11 Å². The lowest BCUT2D eigenvalue weighted by Gasteiger charge is -2.34. The average Bonchev–Trinajstić information content (AvgIpc) is 2.36. The maximum Gasteiger partial charge on any atom is 0.0608 e. The Kier molecular flexibility index (Phi) is 1.26. The van der Waals surface area contributed by atoms with Gasteiger partial charge in [0.25, 0.3) is 0 Å². The summed E-state index contributed by atoms with van der Waals surface area (Å²) in [6, 6.07) is 0. The summed E-state index contributed by atoms with van der Waals surface area (Å²) in [5.74, 6) is 1.10. The third-order valence-electron chi connectivity index (χ3n) is 3.82. The second-order valence-electron chi connectivity index (χ2n) is 4.59. The van der Waals surface area contributed by atoms with E-state index < -0.39 is 0 Å². The molecule has 62 valence electrons. The van der Waals surface area contributed by atoms with Crippen LogP contribution in [0, 0.1) is 17.3 Å². The van der Waals surface area contributed by atoms with Crippen molar-refractivity contribution in [2.45, 2.75) is 32.8 Å². The van der Waals surface area contributed by atoms with Gasteiger partial charge in [0.15, 0.2) is 0 Å². The first-order valence-electron chi connectivity index (χ1n) is 4.41. The highest BCUT2D eigenvalue weighted by molar-refractivity contribution is 5.25. The summed E-state index contributed by atoms with van der Waals surface area (Å²) in [7, 11) is 0. The molecule has 2 bridgehead atoms. The number of aliphatic hydroxyl groups excluding tert-OH is 1.